The minimum absolute atomic E-state index is 0.164. The van der Waals surface area contributed by atoms with Crippen LogP contribution < -0.4 is 4.90 Å². The molecule has 0 aliphatic carbocycles. The van der Waals surface area contributed by atoms with Crippen LogP contribution in [0, 0.1) is 0 Å². The number of hydrogen-bond acceptors (Lipinski definition) is 6. The van der Waals surface area contributed by atoms with Crippen molar-refractivity contribution >= 4 is 17.1 Å². The molecule has 9 heteroatoms. The molecule has 0 atom stereocenters. The fourth-order valence-corrected chi connectivity index (χ4v) is 1.07. The average molecular weight is 244 g/mol. The summed E-state index contributed by atoms with van der Waals surface area (Å²) in [5.41, 5.74) is -0.0189. The van der Waals surface area contributed by atoms with Crippen LogP contribution in [0.3, 0.4) is 0 Å². The maximum atomic E-state index is 12.3. The van der Waals surface area contributed by atoms with Gasteiger partial charge in [0.25, 0.3) is 0 Å². The Kier molecular flexibility index (Phi) is 2.52. The second kappa shape index (κ2) is 3.75. The average Bonchev–Trinajstić information content (AvgIpc) is 2.26. The molecule has 0 amide bonds. The minimum Gasteiger partial charge on any atom is -0.346 e. The van der Waals surface area contributed by atoms with Gasteiger partial charge in [-0.05, 0) is 0 Å². The molecule has 2 aromatic rings. The van der Waals surface area contributed by atoms with Crippen molar-refractivity contribution in [2.24, 2.45) is 0 Å². The molecule has 0 aliphatic rings. The Labute approximate surface area is 93.5 Å². The number of fused-ring (bicyclic) bond motifs is 1. The Hall–Kier alpha value is -2.06. The van der Waals surface area contributed by atoms with Gasteiger partial charge >= 0.3 is 6.18 Å². The van der Waals surface area contributed by atoms with E-state index in [0.29, 0.717) is 0 Å². The summed E-state index contributed by atoms with van der Waals surface area (Å²) in [6.45, 7) is 0. The van der Waals surface area contributed by atoms with Gasteiger partial charge in [0.1, 0.15) is 5.52 Å². The molecule has 0 radical (unpaired) electrons. The topological polar surface area (TPSA) is 67.7 Å². The highest BCUT2D eigenvalue weighted by atomic mass is 19.4. The van der Waals surface area contributed by atoms with Crippen LogP contribution >= 0.6 is 0 Å². The summed E-state index contributed by atoms with van der Waals surface area (Å²) < 4.78 is 37.0. The van der Waals surface area contributed by atoms with E-state index in [1.807, 2.05) is 0 Å². The number of anilines is 1. The first-order valence-electron chi connectivity index (χ1n) is 4.50. The fourth-order valence-electron chi connectivity index (χ4n) is 1.07. The normalized spacial score (nSPS) is 11.8. The van der Waals surface area contributed by atoms with Crippen LogP contribution in [0.25, 0.3) is 11.2 Å². The Balaban J connectivity index is 2.54. The quantitative estimate of drug-likeness (QED) is 0.742. The highest BCUT2D eigenvalue weighted by molar-refractivity contribution is 5.68. The van der Waals surface area contributed by atoms with E-state index in [1.54, 1.807) is 19.0 Å². The van der Waals surface area contributed by atoms with Gasteiger partial charge in [-0.2, -0.15) is 13.2 Å². The van der Waals surface area contributed by atoms with Crippen molar-refractivity contribution in [3.05, 3.63) is 12.0 Å². The molecule has 0 fully saturated rings. The Morgan fingerprint density at radius 1 is 1.12 bits per heavy atom. The molecule has 2 rings (SSSR count). The van der Waals surface area contributed by atoms with Gasteiger partial charge in [-0.15, -0.1) is 10.2 Å². The van der Waals surface area contributed by atoms with Crippen molar-refractivity contribution in [3.8, 4) is 0 Å². The lowest BCUT2D eigenvalue weighted by Gasteiger charge is -2.09. The highest BCUT2D eigenvalue weighted by Gasteiger charge is 2.35. The molecule has 0 bridgehead atoms. The number of hydrogen-bond donors (Lipinski definition) is 0. The smallest absolute Gasteiger partial charge is 0.346 e. The van der Waals surface area contributed by atoms with Crippen molar-refractivity contribution in [1.82, 2.24) is 25.1 Å². The van der Waals surface area contributed by atoms with Gasteiger partial charge in [0, 0.05) is 14.1 Å². The molecule has 2 heterocycles. The van der Waals surface area contributed by atoms with Gasteiger partial charge in [-0.3, -0.25) is 0 Å². The van der Waals surface area contributed by atoms with Crippen LogP contribution in [0.4, 0.5) is 19.1 Å². The summed E-state index contributed by atoms with van der Waals surface area (Å²) in [5, 5.41) is 7.21. The summed E-state index contributed by atoms with van der Waals surface area (Å²) in [6.07, 6.45) is -3.62. The summed E-state index contributed by atoms with van der Waals surface area (Å²) in [6, 6.07) is 0. The van der Waals surface area contributed by atoms with Crippen LogP contribution in [-0.2, 0) is 6.18 Å². The van der Waals surface area contributed by atoms with Gasteiger partial charge in [-0.25, -0.2) is 15.0 Å². The summed E-state index contributed by atoms with van der Waals surface area (Å²) >= 11 is 0. The van der Waals surface area contributed by atoms with E-state index >= 15 is 0 Å². The molecular formula is C8H7F3N6. The maximum Gasteiger partial charge on any atom is 0.451 e. The van der Waals surface area contributed by atoms with Crippen LogP contribution in [0.15, 0.2) is 6.20 Å². The number of alkyl halides is 3. The third-order valence-electron chi connectivity index (χ3n) is 1.86. The second-order valence-electron chi connectivity index (χ2n) is 3.41. The van der Waals surface area contributed by atoms with E-state index < -0.39 is 12.0 Å². The molecule has 0 aliphatic heterocycles. The third-order valence-corrected chi connectivity index (χ3v) is 1.86. The minimum atomic E-state index is -4.60. The maximum absolute atomic E-state index is 12.3. The van der Waals surface area contributed by atoms with Crippen molar-refractivity contribution in [2.45, 2.75) is 6.18 Å². The SMILES string of the molecule is CN(C)c1nnc2nc(C(F)(F)F)ncc2n1. The van der Waals surface area contributed by atoms with Crippen molar-refractivity contribution in [3.63, 3.8) is 0 Å². The van der Waals surface area contributed by atoms with E-state index in [1.165, 1.54) is 0 Å². The van der Waals surface area contributed by atoms with Gasteiger partial charge in [0.15, 0.2) is 0 Å². The van der Waals surface area contributed by atoms with Crippen LogP contribution in [0.1, 0.15) is 5.82 Å². The van der Waals surface area contributed by atoms with Gasteiger partial charge < -0.3 is 4.90 Å². The van der Waals surface area contributed by atoms with E-state index in [-0.39, 0.29) is 17.1 Å². The first-order chi connectivity index (χ1) is 7.88. The summed E-state index contributed by atoms with van der Waals surface area (Å²) in [4.78, 5) is 12.0. The molecule has 0 N–H and O–H groups in total. The summed E-state index contributed by atoms with van der Waals surface area (Å²) in [5.74, 6) is -0.973. The molecule has 17 heavy (non-hydrogen) atoms. The predicted molar refractivity (Wildman–Crippen MR) is 52.3 cm³/mol. The van der Waals surface area contributed by atoms with Crippen LogP contribution in [0.2, 0.25) is 0 Å². The molecule has 0 saturated carbocycles. The Morgan fingerprint density at radius 2 is 1.82 bits per heavy atom. The molecule has 0 saturated heterocycles. The molecule has 6 nitrogen and oxygen atoms in total. The number of aromatic nitrogens is 5. The third kappa shape index (κ3) is 2.22. The first kappa shape index (κ1) is 11.4. The van der Waals surface area contributed by atoms with Gasteiger partial charge in [0.05, 0.1) is 6.20 Å². The zero-order valence-electron chi connectivity index (χ0n) is 8.89. The van der Waals surface area contributed by atoms with E-state index in [2.05, 4.69) is 25.1 Å². The first-order valence-corrected chi connectivity index (χ1v) is 4.50. The lowest BCUT2D eigenvalue weighted by molar-refractivity contribution is -0.144. The molecule has 2 aromatic heterocycles. The lowest BCUT2D eigenvalue weighted by Crippen LogP contribution is -2.15. The zero-order valence-corrected chi connectivity index (χ0v) is 8.89. The van der Waals surface area contributed by atoms with E-state index in [4.69, 9.17) is 0 Å². The lowest BCUT2D eigenvalue weighted by atomic mass is 10.5. The van der Waals surface area contributed by atoms with E-state index in [9.17, 15) is 13.2 Å². The number of nitrogens with zero attached hydrogens (tertiary/aromatic N) is 6. The highest BCUT2D eigenvalue weighted by Crippen LogP contribution is 2.26. The monoisotopic (exact) mass is 244 g/mol. The largest absolute Gasteiger partial charge is 0.451 e. The molecule has 0 spiro atoms. The van der Waals surface area contributed by atoms with Gasteiger partial charge in [0.2, 0.25) is 17.4 Å². The van der Waals surface area contributed by atoms with Crippen molar-refractivity contribution in [2.75, 3.05) is 19.0 Å². The van der Waals surface area contributed by atoms with E-state index in [0.717, 1.165) is 6.20 Å². The van der Waals surface area contributed by atoms with Gasteiger partial charge in [-0.1, -0.05) is 0 Å². The summed E-state index contributed by atoms with van der Waals surface area (Å²) in [7, 11) is 3.38. The molecular weight excluding hydrogens is 237 g/mol. The molecule has 0 aromatic carbocycles. The van der Waals surface area contributed by atoms with Crippen molar-refractivity contribution < 1.29 is 13.2 Å². The second-order valence-corrected chi connectivity index (χ2v) is 3.41. The Morgan fingerprint density at radius 3 is 2.41 bits per heavy atom. The van der Waals surface area contributed by atoms with Crippen LogP contribution in [0.5, 0.6) is 0 Å². The molecule has 90 valence electrons. The zero-order chi connectivity index (χ0) is 12.6. The number of halogens is 3. The molecule has 0 unspecified atom stereocenters. The Bertz CT molecular complexity index is 552. The number of rotatable bonds is 1. The standard InChI is InChI=1S/C8H7F3N6/c1-17(2)7-13-4-3-12-6(8(9,10)11)14-5(4)15-16-7/h3H,1-2H3. The van der Waals surface area contributed by atoms with Crippen molar-refractivity contribution in [1.29, 1.82) is 0 Å². The fraction of sp³-hybridized carbons (Fsp3) is 0.375. The predicted octanol–water partition coefficient (Wildman–Crippen LogP) is 0.900. The van der Waals surface area contributed by atoms with Crippen LogP contribution in [-0.4, -0.2) is 39.2 Å².